The van der Waals surface area contributed by atoms with E-state index in [1.54, 1.807) is 0 Å². The summed E-state index contributed by atoms with van der Waals surface area (Å²) in [6, 6.07) is 2.97. The normalized spacial score (nSPS) is 24.5. The van der Waals surface area contributed by atoms with Crippen LogP contribution >= 0.6 is 0 Å². The number of hydrogen-bond donors (Lipinski definition) is 0. The van der Waals surface area contributed by atoms with Crippen LogP contribution in [0.2, 0.25) is 0 Å². The van der Waals surface area contributed by atoms with Crippen molar-refractivity contribution in [2.24, 2.45) is 23.2 Å². The largest absolute Gasteiger partial charge is 0.490 e. The first-order valence-electron chi connectivity index (χ1n) is 12.7. The molecule has 31 heavy (non-hydrogen) atoms. The summed E-state index contributed by atoms with van der Waals surface area (Å²) in [5.74, 6) is 0.137. The van der Waals surface area contributed by atoms with Crippen LogP contribution in [0.5, 0.6) is 11.5 Å². The fourth-order valence-corrected chi connectivity index (χ4v) is 6.29. The van der Waals surface area contributed by atoms with E-state index in [0.29, 0.717) is 24.5 Å². The molecule has 1 aromatic carbocycles. The van der Waals surface area contributed by atoms with E-state index >= 15 is 0 Å². The molecule has 2 fully saturated rings. The Kier molecular flexibility index (Phi) is 9.04. The van der Waals surface area contributed by atoms with Crippen LogP contribution in [0.3, 0.4) is 0 Å². The summed E-state index contributed by atoms with van der Waals surface area (Å²) in [6.07, 6.45) is 15.1. The third-order valence-electron chi connectivity index (χ3n) is 8.10. The highest BCUT2D eigenvalue weighted by atomic mass is 19.2. The molecule has 0 spiro atoms. The van der Waals surface area contributed by atoms with Crippen molar-refractivity contribution in [3.05, 3.63) is 23.8 Å². The van der Waals surface area contributed by atoms with E-state index in [4.69, 9.17) is 9.47 Å². The van der Waals surface area contributed by atoms with Crippen LogP contribution in [0.4, 0.5) is 8.78 Å². The van der Waals surface area contributed by atoms with Gasteiger partial charge in [0.05, 0.1) is 13.2 Å². The second kappa shape index (κ2) is 11.5. The lowest BCUT2D eigenvalue weighted by Crippen LogP contribution is -2.41. The van der Waals surface area contributed by atoms with Gasteiger partial charge in [-0.2, -0.15) is 8.78 Å². The third-order valence-corrected chi connectivity index (χ3v) is 8.10. The lowest BCUT2D eigenvalue weighted by Gasteiger charge is -2.50. The molecule has 0 heterocycles. The molecule has 0 aliphatic heterocycles. The zero-order valence-corrected chi connectivity index (χ0v) is 19.9. The monoisotopic (exact) mass is 436 g/mol. The molecule has 2 aliphatic rings. The molecule has 0 amide bonds. The van der Waals surface area contributed by atoms with E-state index in [2.05, 4.69) is 13.8 Å². The molecule has 2 aliphatic carbocycles. The van der Waals surface area contributed by atoms with Crippen LogP contribution in [0, 0.1) is 34.8 Å². The number of halogens is 2. The van der Waals surface area contributed by atoms with Gasteiger partial charge in [0.1, 0.15) is 0 Å². The minimum Gasteiger partial charge on any atom is -0.490 e. The summed E-state index contributed by atoms with van der Waals surface area (Å²) in [5, 5.41) is 0. The smallest absolute Gasteiger partial charge is 0.204 e. The van der Waals surface area contributed by atoms with Gasteiger partial charge in [0.2, 0.25) is 11.6 Å². The second-order valence-corrected chi connectivity index (χ2v) is 10.1. The molecule has 176 valence electrons. The van der Waals surface area contributed by atoms with Crippen molar-refractivity contribution in [3.8, 4) is 11.5 Å². The molecule has 0 N–H and O–H groups in total. The molecule has 0 aromatic heterocycles. The van der Waals surface area contributed by atoms with Crippen LogP contribution in [-0.4, -0.2) is 13.2 Å². The minimum atomic E-state index is -0.946. The Morgan fingerprint density at radius 1 is 0.903 bits per heavy atom. The summed E-state index contributed by atoms with van der Waals surface area (Å²) < 4.78 is 39.6. The van der Waals surface area contributed by atoms with Gasteiger partial charge < -0.3 is 9.47 Å². The molecule has 1 unspecified atom stereocenters. The molecular formula is C27H42F2O2. The number of ether oxygens (including phenoxy) is 2. The van der Waals surface area contributed by atoms with Gasteiger partial charge in [-0.3, -0.25) is 0 Å². The van der Waals surface area contributed by atoms with E-state index in [1.165, 1.54) is 69.9 Å². The molecule has 2 saturated carbocycles. The van der Waals surface area contributed by atoms with Gasteiger partial charge in [-0.15, -0.1) is 0 Å². The van der Waals surface area contributed by atoms with Crippen LogP contribution in [0.1, 0.15) is 97.8 Å². The predicted octanol–water partition coefficient (Wildman–Crippen LogP) is 8.33. The van der Waals surface area contributed by atoms with Gasteiger partial charge in [-0.25, -0.2) is 0 Å². The Morgan fingerprint density at radius 3 is 2.10 bits per heavy atom. The molecule has 0 saturated heterocycles. The molecular weight excluding hydrogens is 394 g/mol. The van der Waals surface area contributed by atoms with E-state index in [-0.39, 0.29) is 11.5 Å². The van der Waals surface area contributed by atoms with Gasteiger partial charge in [0.15, 0.2) is 11.5 Å². The summed E-state index contributed by atoms with van der Waals surface area (Å²) in [7, 11) is 0. The lowest BCUT2D eigenvalue weighted by molar-refractivity contribution is -0.00403. The van der Waals surface area contributed by atoms with Gasteiger partial charge in [-0.05, 0) is 80.2 Å². The van der Waals surface area contributed by atoms with Gasteiger partial charge >= 0.3 is 0 Å². The highest BCUT2D eigenvalue weighted by Crippen LogP contribution is 2.54. The maximum Gasteiger partial charge on any atom is 0.204 e. The van der Waals surface area contributed by atoms with Crippen LogP contribution in [-0.2, 0) is 0 Å². The molecule has 1 aromatic rings. The second-order valence-electron chi connectivity index (χ2n) is 10.1. The van der Waals surface area contributed by atoms with Crippen molar-refractivity contribution >= 4 is 0 Å². The first-order valence-corrected chi connectivity index (χ1v) is 12.7. The zero-order chi connectivity index (χ0) is 22.3. The first kappa shape index (κ1) is 24.3. The van der Waals surface area contributed by atoms with Crippen molar-refractivity contribution in [3.63, 3.8) is 0 Å². The van der Waals surface area contributed by atoms with Crippen molar-refractivity contribution in [1.29, 1.82) is 0 Å². The molecule has 4 heteroatoms. The molecule has 0 bridgehead atoms. The van der Waals surface area contributed by atoms with Crippen molar-refractivity contribution < 1.29 is 18.3 Å². The number of rotatable bonds is 10. The zero-order valence-electron chi connectivity index (χ0n) is 19.9. The standard InChI is InChI=1S/C27H42F2O2/c1-4-9-20(3)27(16-7-6-8-17-27)22-12-10-21(11-13-22)19-31-24-15-14-23(30-18-5-2)25(28)26(24)29/h14-15,20-22H,4-13,16-19H2,1-3H3. The van der Waals surface area contributed by atoms with Crippen LogP contribution in [0.15, 0.2) is 12.1 Å². The minimum absolute atomic E-state index is 0.00351. The summed E-state index contributed by atoms with van der Waals surface area (Å²) in [6.45, 7) is 7.58. The molecule has 2 nitrogen and oxygen atoms in total. The molecule has 3 rings (SSSR count). The fraction of sp³-hybridized carbons (Fsp3) is 0.778. The Labute approximate surface area is 188 Å². The van der Waals surface area contributed by atoms with E-state index in [1.807, 2.05) is 6.92 Å². The van der Waals surface area contributed by atoms with Crippen molar-refractivity contribution in [1.82, 2.24) is 0 Å². The maximum absolute atomic E-state index is 14.4. The van der Waals surface area contributed by atoms with E-state index in [0.717, 1.165) is 31.1 Å². The maximum atomic E-state index is 14.4. The average molecular weight is 437 g/mol. The van der Waals surface area contributed by atoms with Gasteiger partial charge in [0, 0.05) is 0 Å². The quantitative estimate of drug-likeness (QED) is 0.367. The molecule has 0 radical (unpaired) electrons. The van der Waals surface area contributed by atoms with Crippen molar-refractivity contribution in [2.75, 3.05) is 13.2 Å². The molecule has 1 atom stereocenters. The Balaban J connectivity index is 1.55. The van der Waals surface area contributed by atoms with E-state index in [9.17, 15) is 8.78 Å². The summed E-state index contributed by atoms with van der Waals surface area (Å²) in [4.78, 5) is 0. The topological polar surface area (TPSA) is 18.5 Å². The van der Waals surface area contributed by atoms with Gasteiger partial charge in [0.25, 0.3) is 0 Å². The highest BCUT2D eigenvalue weighted by Gasteiger charge is 2.44. The Hall–Kier alpha value is -1.32. The highest BCUT2D eigenvalue weighted by molar-refractivity contribution is 5.35. The SMILES string of the molecule is CCCOc1ccc(OCC2CCC(C3(C(C)CCC)CCCCC3)CC2)c(F)c1F. The van der Waals surface area contributed by atoms with Gasteiger partial charge in [-0.1, -0.05) is 52.9 Å². The predicted molar refractivity (Wildman–Crippen MR) is 123 cm³/mol. The summed E-state index contributed by atoms with van der Waals surface area (Å²) >= 11 is 0. The van der Waals surface area contributed by atoms with Crippen LogP contribution in [0.25, 0.3) is 0 Å². The van der Waals surface area contributed by atoms with Crippen molar-refractivity contribution in [2.45, 2.75) is 97.8 Å². The van der Waals surface area contributed by atoms with Crippen LogP contribution < -0.4 is 9.47 Å². The Bertz CT molecular complexity index is 676. The number of hydrogen-bond acceptors (Lipinski definition) is 2. The number of benzene rings is 1. The first-order chi connectivity index (χ1) is 15.0. The Morgan fingerprint density at radius 2 is 1.52 bits per heavy atom. The third kappa shape index (κ3) is 5.73. The average Bonchev–Trinajstić information content (AvgIpc) is 2.80. The lowest BCUT2D eigenvalue weighted by atomic mass is 9.55. The van der Waals surface area contributed by atoms with E-state index < -0.39 is 11.6 Å². The summed E-state index contributed by atoms with van der Waals surface area (Å²) in [5.41, 5.74) is 0.531. The fourth-order valence-electron chi connectivity index (χ4n) is 6.29.